The molecular weight excluding hydrogens is 210 g/mol. The SMILES string of the molecule is CCc1cc(NC(C)(C)C(C)Cl)ncn1. The summed E-state index contributed by atoms with van der Waals surface area (Å²) in [6, 6.07) is 1.96. The lowest BCUT2D eigenvalue weighted by molar-refractivity contribution is 0.552. The Morgan fingerprint density at radius 2 is 2.13 bits per heavy atom. The molecule has 1 atom stereocenters. The van der Waals surface area contributed by atoms with Gasteiger partial charge >= 0.3 is 0 Å². The van der Waals surface area contributed by atoms with Crippen LogP contribution in [0.4, 0.5) is 5.82 Å². The van der Waals surface area contributed by atoms with E-state index in [9.17, 15) is 0 Å². The number of nitrogens with one attached hydrogen (secondary N) is 1. The highest BCUT2D eigenvalue weighted by Gasteiger charge is 2.24. The molecule has 0 amide bonds. The van der Waals surface area contributed by atoms with Crippen LogP contribution in [0.3, 0.4) is 0 Å². The predicted molar refractivity (Wildman–Crippen MR) is 64.4 cm³/mol. The first-order valence-corrected chi connectivity index (χ1v) is 5.62. The molecule has 0 spiro atoms. The first kappa shape index (κ1) is 12.2. The molecule has 1 aromatic heterocycles. The molecule has 0 aliphatic rings. The zero-order valence-electron chi connectivity index (χ0n) is 9.71. The molecular formula is C11H18ClN3. The third-order valence-corrected chi connectivity index (χ3v) is 3.08. The molecule has 84 valence electrons. The monoisotopic (exact) mass is 227 g/mol. The fourth-order valence-corrected chi connectivity index (χ4v) is 1.14. The lowest BCUT2D eigenvalue weighted by atomic mass is 10.0. The minimum absolute atomic E-state index is 0.0255. The van der Waals surface area contributed by atoms with Gasteiger partial charge in [-0.05, 0) is 27.2 Å². The molecule has 0 radical (unpaired) electrons. The number of nitrogens with zero attached hydrogens (tertiary/aromatic N) is 2. The minimum Gasteiger partial charge on any atom is -0.364 e. The number of alkyl halides is 1. The van der Waals surface area contributed by atoms with Crippen molar-refractivity contribution >= 4 is 17.4 Å². The van der Waals surface area contributed by atoms with Gasteiger partial charge in [-0.15, -0.1) is 11.6 Å². The van der Waals surface area contributed by atoms with Crippen LogP contribution in [0.1, 0.15) is 33.4 Å². The van der Waals surface area contributed by atoms with Crippen LogP contribution in [0.2, 0.25) is 0 Å². The summed E-state index contributed by atoms with van der Waals surface area (Å²) in [5.41, 5.74) is 0.853. The number of aromatic nitrogens is 2. The Labute approximate surface area is 96.3 Å². The molecule has 0 aliphatic heterocycles. The quantitative estimate of drug-likeness (QED) is 0.804. The third kappa shape index (κ3) is 3.34. The van der Waals surface area contributed by atoms with Crippen molar-refractivity contribution < 1.29 is 0 Å². The van der Waals surface area contributed by atoms with E-state index in [2.05, 4.69) is 36.1 Å². The maximum Gasteiger partial charge on any atom is 0.130 e. The number of hydrogen-bond donors (Lipinski definition) is 1. The fraction of sp³-hybridized carbons (Fsp3) is 0.636. The van der Waals surface area contributed by atoms with Gasteiger partial charge in [-0.3, -0.25) is 0 Å². The summed E-state index contributed by atoms with van der Waals surface area (Å²) in [5.74, 6) is 0.833. The van der Waals surface area contributed by atoms with Gasteiger partial charge in [0.25, 0.3) is 0 Å². The van der Waals surface area contributed by atoms with Crippen molar-refractivity contribution in [1.29, 1.82) is 0 Å². The normalized spacial score (nSPS) is 13.7. The molecule has 0 saturated carbocycles. The summed E-state index contributed by atoms with van der Waals surface area (Å²) < 4.78 is 0. The molecule has 1 rings (SSSR count). The van der Waals surface area contributed by atoms with Crippen LogP contribution >= 0.6 is 11.6 Å². The molecule has 1 aromatic rings. The van der Waals surface area contributed by atoms with Crippen molar-refractivity contribution in [3.63, 3.8) is 0 Å². The van der Waals surface area contributed by atoms with Crippen molar-refractivity contribution in [2.24, 2.45) is 0 Å². The van der Waals surface area contributed by atoms with Gasteiger partial charge < -0.3 is 5.32 Å². The lowest BCUT2D eigenvalue weighted by Crippen LogP contribution is -2.39. The van der Waals surface area contributed by atoms with Crippen molar-refractivity contribution in [3.8, 4) is 0 Å². The van der Waals surface area contributed by atoms with Crippen LogP contribution in [0.15, 0.2) is 12.4 Å². The smallest absolute Gasteiger partial charge is 0.130 e. The number of halogens is 1. The molecule has 1 heterocycles. The standard InChI is InChI=1S/C11H18ClN3/c1-5-9-6-10(14-7-13-9)15-11(3,4)8(2)12/h6-8H,5H2,1-4H3,(H,13,14,15). The zero-order chi connectivity index (χ0) is 11.5. The molecule has 4 heteroatoms. The van der Waals surface area contributed by atoms with Crippen LogP contribution in [0, 0.1) is 0 Å². The summed E-state index contributed by atoms with van der Waals surface area (Å²) in [7, 11) is 0. The Hall–Kier alpha value is -0.830. The highest BCUT2D eigenvalue weighted by molar-refractivity contribution is 6.21. The number of anilines is 1. The molecule has 0 aromatic carbocycles. The van der Waals surface area contributed by atoms with E-state index in [-0.39, 0.29) is 10.9 Å². The van der Waals surface area contributed by atoms with Crippen LogP contribution < -0.4 is 5.32 Å². The van der Waals surface area contributed by atoms with Gasteiger partial charge in [-0.25, -0.2) is 9.97 Å². The second-order valence-electron chi connectivity index (χ2n) is 4.21. The minimum atomic E-state index is -0.180. The third-order valence-electron chi connectivity index (χ3n) is 2.53. The molecule has 0 fully saturated rings. The highest BCUT2D eigenvalue weighted by Crippen LogP contribution is 2.20. The second-order valence-corrected chi connectivity index (χ2v) is 4.87. The van der Waals surface area contributed by atoms with E-state index < -0.39 is 0 Å². The van der Waals surface area contributed by atoms with E-state index in [1.165, 1.54) is 0 Å². The van der Waals surface area contributed by atoms with Crippen LogP contribution in [-0.4, -0.2) is 20.9 Å². The molecule has 3 nitrogen and oxygen atoms in total. The lowest BCUT2D eigenvalue weighted by Gasteiger charge is -2.29. The van der Waals surface area contributed by atoms with E-state index in [4.69, 9.17) is 11.6 Å². The van der Waals surface area contributed by atoms with Crippen molar-refractivity contribution in [1.82, 2.24) is 9.97 Å². The number of aryl methyl sites for hydroxylation is 1. The van der Waals surface area contributed by atoms with Gasteiger partial charge in [0.15, 0.2) is 0 Å². The van der Waals surface area contributed by atoms with E-state index >= 15 is 0 Å². The maximum absolute atomic E-state index is 6.09. The van der Waals surface area contributed by atoms with Gasteiger partial charge in [0.1, 0.15) is 12.1 Å². The Morgan fingerprint density at radius 1 is 1.47 bits per heavy atom. The number of rotatable bonds is 4. The van der Waals surface area contributed by atoms with Crippen molar-refractivity contribution in [2.45, 2.75) is 45.0 Å². The molecule has 0 bridgehead atoms. The van der Waals surface area contributed by atoms with E-state index in [1.807, 2.05) is 13.0 Å². The Kier molecular flexibility index (Phi) is 3.91. The fourth-order valence-electron chi connectivity index (χ4n) is 1.09. The summed E-state index contributed by atoms with van der Waals surface area (Å²) in [4.78, 5) is 8.32. The first-order valence-electron chi connectivity index (χ1n) is 5.19. The predicted octanol–water partition coefficient (Wildman–Crippen LogP) is 2.86. The summed E-state index contributed by atoms with van der Waals surface area (Å²) in [6.07, 6.45) is 2.49. The highest BCUT2D eigenvalue weighted by atomic mass is 35.5. The average molecular weight is 228 g/mol. The van der Waals surface area contributed by atoms with Crippen molar-refractivity contribution in [3.05, 3.63) is 18.1 Å². The average Bonchev–Trinajstić information content (AvgIpc) is 2.17. The molecule has 0 aliphatic carbocycles. The van der Waals surface area contributed by atoms with Gasteiger partial charge in [-0.2, -0.15) is 0 Å². The topological polar surface area (TPSA) is 37.8 Å². The van der Waals surface area contributed by atoms with Gasteiger partial charge in [0.05, 0.1) is 5.38 Å². The summed E-state index contributed by atoms with van der Waals surface area (Å²) in [5, 5.41) is 3.33. The van der Waals surface area contributed by atoms with Gasteiger partial charge in [0, 0.05) is 17.3 Å². The largest absolute Gasteiger partial charge is 0.364 e. The van der Waals surface area contributed by atoms with Gasteiger partial charge in [-0.1, -0.05) is 6.92 Å². The van der Waals surface area contributed by atoms with Crippen LogP contribution in [0.5, 0.6) is 0 Å². The Balaban J connectivity index is 2.80. The zero-order valence-corrected chi connectivity index (χ0v) is 10.5. The molecule has 1 N–H and O–H groups in total. The number of hydrogen-bond acceptors (Lipinski definition) is 3. The van der Waals surface area contributed by atoms with E-state index in [0.29, 0.717) is 0 Å². The van der Waals surface area contributed by atoms with E-state index in [1.54, 1.807) is 6.33 Å². The van der Waals surface area contributed by atoms with Gasteiger partial charge in [0.2, 0.25) is 0 Å². The second kappa shape index (κ2) is 4.79. The van der Waals surface area contributed by atoms with Crippen LogP contribution in [0.25, 0.3) is 0 Å². The molecule has 1 unspecified atom stereocenters. The Bertz CT molecular complexity index is 323. The summed E-state index contributed by atoms with van der Waals surface area (Å²) in [6.45, 7) is 8.15. The Morgan fingerprint density at radius 3 is 2.67 bits per heavy atom. The summed E-state index contributed by atoms with van der Waals surface area (Å²) >= 11 is 6.09. The first-order chi connectivity index (χ1) is 6.95. The van der Waals surface area contributed by atoms with E-state index in [0.717, 1.165) is 17.9 Å². The van der Waals surface area contributed by atoms with Crippen LogP contribution in [-0.2, 0) is 6.42 Å². The molecule has 0 saturated heterocycles. The molecule has 15 heavy (non-hydrogen) atoms. The van der Waals surface area contributed by atoms with Crippen molar-refractivity contribution in [2.75, 3.05) is 5.32 Å². The maximum atomic E-state index is 6.09.